The minimum absolute atomic E-state index is 0.000644. The first kappa shape index (κ1) is 16.5. The Morgan fingerprint density at radius 3 is 3.00 bits per heavy atom. The summed E-state index contributed by atoms with van der Waals surface area (Å²) in [6.07, 6.45) is 4.58. The van der Waals surface area contributed by atoms with E-state index in [-0.39, 0.29) is 5.91 Å². The first-order valence-corrected chi connectivity index (χ1v) is 9.04. The molecule has 1 N–H and O–H groups in total. The molecule has 1 saturated carbocycles. The van der Waals surface area contributed by atoms with Gasteiger partial charge in [-0.15, -0.1) is 5.10 Å². The average molecular weight is 362 g/mol. The summed E-state index contributed by atoms with van der Waals surface area (Å²) in [5.74, 6) is 1.72. The first-order chi connectivity index (χ1) is 12.2. The van der Waals surface area contributed by atoms with Gasteiger partial charge in [0.1, 0.15) is 0 Å². The van der Waals surface area contributed by atoms with Crippen LogP contribution in [0.1, 0.15) is 43.8 Å². The van der Waals surface area contributed by atoms with Crippen LogP contribution in [0.2, 0.25) is 5.02 Å². The second kappa shape index (κ2) is 7.09. The number of benzene rings is 1. The second-order valence-electron chi connectivity index (χ2n) is 6.71. The Kier molecular flexibility index (Phi) is 4.67. The molecule has 1 aliphatic carbocycles. The van der Waals surface area contributed by atoms with Crippen molar-refractivity contribution >= 4 is 23.2 Å². The number of carbonyl (C=O) groups is 1. The van der Waals surface area contributed by atoms with E-state index >= 15 is 0 Å². The van der Waals surface area contributed by atoms with Crippen LogP contribution in [-0.4, -0.2) is 39.3 Å². The van der Waals surface area contributed by atoms with Crippen LogP contribution >= 0.6 is 11.6 Å². The Morgan fingerprint density at radius 2 is 2.24 bits per heavy atom. The predicted octanol–water partition coefficient (Wildman–Crippen LogP) is 2.95. The number of nitrogens with one attached hydrogen (secondary N) is 1. The van der Waals surface area contributed by atoms with Gasteiger partial charge in [-0.1, -0.05) is 11.6 Å². The van der Waals surface area contributed by atoms with Crippen molar-refractivity contribution in [2.75, 3.05) is 18.5 Å². The van der Waals surface area contributed by atoms with Crippen LogP contribution < -0.4 is 5.32 Å². The zero-order valence-corrected chi connectivity index (χ0v) is 14.6. The minimum atomic E-state index is -0.000644. The Morgan fingerprint density at radius 1 is 1.36 bits per heavy atom. The number of anilines is 1. The maximum atomic E-state index is 12.2. The highest BCUT2D eigenvalue weighted by atomic mass is 35.5. The van der Waals surface area contributed by atoms with Gasteiger partial charge in [0.15, 0.2) is 5.82 Å². The Labute approximate surface area is 150 Å². The second-order valence-corrected chi connectivity index (χ2v) is 7.11. The van der Waals surface area contributed by atoms with Gasteiger partial charge < -0.3 is 10.1 Å². The van der Waals surface area contributed by atoms with Gasteiger partial charge in [-0.2, -0.15) is 4.68 Å². The SMILES string of the molecule is O=C(CCC1CCOC1)Nc1ccc(Cl)c(-n2nnnc2C2CC2)c1. The molecular weight excluding hydrogens is 342 g/mol. The zero-order valence-electron chi connectivity index (χ0n) is 13.8. The molecule has 1 amide bonds. The third-order valence-electron chi connectivity index (χ3n) is 4.70. The molecule has 1 saturated heterocycles. The third-order valence-corrected chi connectivity index (χ3v) is 5.02. The van der Waals surface area contributed by atoms with Crippen molar-refractivity contribution in [3.05, 3.63) is 29.0 Å². The number of nitrogens with zero attached hydrogens (tertiary/aromatic N) is 4. The molecule has 0 radical (unpaired) electrons. The molecule has 2 aliphatic rings. The fraction of sp³-hybridized carbons (Fsp3) is 0.529. The standard InChI is InChI=1S/C17H20ClN5O2/c18-14-5-4-13(19-16(24)6-1-11-7-8-25-10-11)9-15(14)23-17(12-2-3-12)20-21-22-23/h4-5,9,11-12H,1-3,6-8,10H2,(H,19,24). The summed E-state index contributed by atoms with van der Waals surface area (Å²) < 4.78 is 7.02. The Bertz CT molecular complexity index is 768. The van der Waals surface area contributed by atoms with Crippen molar-refractivity contribution in [2.45, 2.75) is 38.0 Å². The van der Waals surface area contributed by atoms with Gasteiger partial charge >= 0.3 is 0 Å². The third kappa shape index (κ3) is 3.82. The van der Waals surface area contributed by atoms with Crippen molar-refractivity contribution in [2.24, 2.45) is 5.92 Å². The smallest absolute Gasteiger partial charge is 0.224 e. The highest BCUT2D eigenvalue weighted by molar-refractivity contribution is 6.32. The molecule has 2 fully saturated rings. The van der Waals surface area contributed by atoms with E-state index in [1.54, 1.807) is 16.8 Å². The molecular formula is C17H20ClN5O2. The summed E-state index contributed by atoms with van der Waals surface area (Å²) in [5.41, 5.74) is 1.39. The molecule has 8 heteroatoms. The summed E-state index contributed by atoms with van der Waals surface area (Å²) in [6.45, 7) is 1.57. The van der Waals surface area contributed by atoms with Gasteiger partial charge in [0.25, 0.3) is 0 Å². The van der Waals surface area contributed by atoms with E-state index in [1.807, 2.05) is 6.07 Å². The van der Waals surface area contributed by atoms with E-state index in [4.69, 9.17) is 16.3 Å². The van der Waals surface area contributed by atoms with E-state index in [1.165, 1.54) is 0 Å². The molecule has 0 spiro atoms. The Balaban J connectivity index is 1.45. The molecule has 1 unspecified atom stereocenters. The zero-order chi connectivity index (χ0) is 17.2. The van der Waals surface area contributed by atoms with Gasteiger partial charge in [0, 0.05) is 31.2 Å². The molecule has 132 valence electrons. The van der Waals surface area contributed by atoms with E-state index < -0.39 is 0 Å². The van der Waals surface area contributed by atoms with Crippen molar-refractivity contribution in [3.8, 4) is 5.69 Å². The molecule has 1 atom stereocenters. The fourth-order valence-corrected chi connectivity index (χ4v) is 3.28. The predicted molar refractivity (Wildman–Crippen MR) is 92.9 cm³/mol. The highest BCUT2D eigenvalue weighted by Gasteiger charge is 2.30. The average Bonchev–Trinajstić information content (AvgIpc) is 3.11. The van der Waals surface area contributed by atoms with Gasteiger partial charge in [-0.05, 0) is 60.2 Å². The van der Waals surface area contributed by atoms with Gasteiger partial charge in [-0.25, -0.2) is 0 Å². The number of amides is 1. The minimum Gasteiger partial charge on any atom is -0.381 e. The van der Waals surface area contributed by atoms with Crippen molar-refractivity contribution < 1.29 is 9.53 Å². The molecule has 2 heterocycles. The van der Waals surface area contributed by atoms with Crippen LogP contribution in [0.4, 0.5) is 5.69 Å². The maximum Gasteiger partial charge on any atom is 0.224 e. The number of carbonyl (C=O) groups excluding carboxylic acids is 1. The number of ether oxygens (including phenoxy) is 1. The van der Waals surface area contributed by atoms with Crippen LogP contribution in [0.5, 0.6) is 0 Å². The number of tetrazole rings is 1. The lowest BCUT2D eigenvalue weighted by Crippen LogP contribution is -2.14. The van der Waals surface area contributed by atoms with Crippen LogP contribution in [0.3, 0.4) is 0 Å². The topological polar surface area (TPSA) is 81.9 Å². The first-order valence-electron chi connectivity index (χ1n) is 8.66. The van der Waals surface area contributed by atoms with E-state index in [0.717, 1.165) is 44.7 Å². The summed E-state index contributed by atoms with van der Waals surface area (Å²) in [5, 5.41) is 15.4. The summed E-state index contributed by atoms with van der Waals surface area (Å²) in [4.78, 5) is 12.2. The van der Waals surface area contributed by atoms with Crippen molar-refractivity contribution in [3.63, 3.8) is 0 Å². The van der Waals surface area contributed by atoms with Gasteiger partial charge in [-0.3, -0.25) is 4.79 Å². The molecule has 4 rings (SSSR count). The lowest BCUT2D eigenvalue weighted by atomic mass is 10.0. The summed E-state index contributed by atoms with van der Waals surface area (Å²) >= 11 is 6.33. The molecule has 25 heavy (non-hydrogen) atoms. The van der Waals surface area contributed by atoms with Gasteiger partial charge in [0.05, 0.1) is 10.7 Å². The summed E-state index contributed by atoms with van der Waals surface area (Å²) in [7, 11) is 0. The molecule has 2 aromatic rings. The lowest BCUT2D eigenvalue weighted by molar-refractivity contribution is -0.116. The maximum absolute atomic E-state index is 12.2. The monoisotopic (exact) mass is 361 g/mol. The number of halogens is 1. The summed E-state index contributed by atoms with van der Waals surface area (Å²) in [6, 6.07) is 5.38. The lowest BCUT2D eigenvalue weighted by Gasteiger charge is -2.11. The number of rotatable bonds is 6. The van der Waals surface area contributed by atoms with Crippen LogP contribution in [0.25, 0.3) is 5.69 Å². The van der Waals surface area contributed by atoms with Crippen LogP contribution in [-0.2, 0) is 9.53 Å². The quantitative estimate of drug-likeness (QED) is 0.855. The number of hydrogen-bond donors (Lipinski definition) is 1. The normalized spacial score (nSPS) is 20.0. The molecule has 0 bridgehead atoms. The van der Waals surface area contributed by atoms with E-state index in [9.17, 15) is 4.79 Å². The molecule has 1 aromatic carbocycles. The molecule has 1 aliphatic heterocycles. The van der Waals surface area contributed by atoms with Crippen LogP contribution in [0.15, 0.2) is 18.2 Å². The highest BCUT2D eigenvalue weighted by Crippen LogP contribution is 2.40. The largest absolute Gasteiger partial charge is 0.381 e. The van der Waals surface area contributed by atoms with E-state index in [0.29, 0.717) is 34.7 Å². The fourth-order valence-electron chi connectivity index (χ4n) is 3.08. The van der Waals surface area contributed by atoms with E-state index in [2.05, 4.69) is 20.8 Å². The van der Waals surface area contributed by atoms with Gasteiger partial charge in [0.2, 0.25) is 5.91 Å². The van der Waals surface area contributed by atoms with Crippen molar-refractivity contribution in [1.82, 2.24) is 20.2 Å². The molecule has 1 aromatic heterocycles. The molecule has 7 nitrogen and oxygen atoms in total. The Hall–Kier alpha value is -1.99. The van der Waals surface area contributed by atoms with Crippen molar-refractivity contribution in [1.29, 1.82) is 0 Å². The van der Waals surface area contributed by atoms with Crippen LogP contribution in [0, 0.1) is 5.92 Å². The number of hydrogen-bond acceptors (Lipinski definition) is 5. The number of aromatic nitrogens is 4.